The van der Waals surface area contributed by atoms with E-state index in [2.05, 4.69) is 15.3 Å². The molecule has 0 aliphatic carbocycles. The molecule has 3 aromatic rings. The minimum atomic E-state index is -0.482. The summed E-state index contributed by atoms with van der Waals surface area (Å²) >= 11 is 6.10. The summed E-state index contributed by atoms with van der Waals surface area (Å²) in [5.74, 6) is 0.510. The van der Waals surface area contributed by atoms with Crippen molar-refractivity contribution in [1.82, 2.24) is 9.97 Å². The molecular weight excluding hydrogens is 328 g/mol. The van der Waals surface area contributed by atoms with Crippen LogP contribution < -0.4 is 5.32 Å². The molecule has 1 atom stereocenters. The van der Waals surface area contributed by atoms with E-state index in [-0.39, 0.29) is 11.7 Å². The fraction of sp³-hybridized carbons (Fsp3) is 0.0588. The Hall–Kier alpha value is -2.99. The van der Waals surface area contributed by atoms with Crippen LogP contribution in [-0.2, 0) is 0 Å². The van der Waals surface area contributed by atoms with Gasteiger partial charge in [-0.15, -0.1) is 0 Å². The number of halogens is 1. The van der Waals surface area contributed by atoms with Crippen LogP contribution in [0.5, 0.6) is 0 Å². The van der Waals surface area contributed by atoms with Crippen LogP contribution in [0.4, 0.5) is 11.5 Å². The van der Waals surface area contributed by atoms with Crippen LogP contribution in [0.1, 0.15) is 17.3 Å². The van der Waals surface area contributed by atoms with Crippen LogP contribution in [0.2, 0.25) is 5.02 Å². The summed E-state index contributed by atoms with van der Waals surface area (Å²) < 4.78 is 0. The Balaban J connectivity index is 1.94. The Kier molecular flexibility index (Phi) is 4.67. The Morgan fingerprint density at radius 3 is 2.58 bits per heavy atom. The first-order valence-corrected chi connectivity index (χ1v) is 7.54. The minimum Gasteiger partial charge on any atom is -0.358 e. The predicted molar refractivity (Wildman–Crippen MR) is 92.0 cm³/mol. The normalized spacial score (nSPS) is 11.7. The van der Waals surface area contributed by atoms with Gasteiger partial charge in [0.25, 0.3) is 5.69 Å². The van der Waals surface area contributed by atoms with Crippen molar-refractivity contribution in [2.45, 2.75) is 6.04 Å². The van der Waals surface area contributed by atoms with Gasteiger partial charge >= 0.3 is 0 Å². The van der Waals surface area contributed by atoms with Crippen LogP contribution in [-0.4, -0.2) is 14.9 Å². The van der Waals surface area contributed by atoms with E-state index in [1.807, 2.05) is 36.4 Å². The maximum atomic E-state index is 10.7. The predicted octanol–water partition coefficient (Wildman–Crippen LogP) is 4.24. The molecule has 0 amide bonds. The summed E-state index contributed by atoms with van der Waals surface area (Å²) in [6.45, 7) is 0. The molecule has 1 aromatic carbocycles. The lowest BCUT2D eigenvalue weighted by Gasteiger charge is -2.19. The third-order valence-electron chi connectivity index (χ3n) is 3.42. The quantitative estimate of drug-likeness (QED) is 0.555. The second-order valence-electron chi connectivity index (χ2n) is 5.05. The molecule has 0 saturated carbocycles. The average Bonchev–Trinajstić information content (AvgIpc) is 2.61. The monoisotopic (exact) mass is 340 g/mol. The Labute approximate surface area is 143 Å². The van der Waals surface area contributed by atoms with E-state index in [9.17, 15) is 10.1 Å². The van der Waals surface area contributed by atoms with Crippen molar-refractivity contribution >= 4 is 23.1 Å². The topological polar surface area (TPSA) is 81.0 Å². The standard InChI is InChI=1S/C17H13ClN4O2/c18-13-5-3-4-12(10-13)17(15-6-1-2-9-19-15)21-16-8-7-14(11-20-16)22(23)24/h1-11,17H,(H,20,21). The average molecular weight is 341 g/mol. The summed E-state index contributed by atoms with van der Waals surface area (Å²) in [6, 6.07) is 15.8. The van der Waals surface area contributed by atoms with Gasteiger partial charge in [0.2, 0.25) is 0 Å². The molecule has 1 unspecified atom stereocenters. The number of benzene rings is 1. The van der Waals surface area contributed by atoms with Gasteiger partial charge in [0.05, 0.1) is 16.7 Å². The van der Waals surface area contributed by atoms with Crippen LogP contribution in [0.15, 0.2) is 67.0 Å². The molecule has 1 N–H and O–H groups in total. The molecule has 0 radical (unpaired) electrons. The van der Waals surface area contributed by atoms with Crippen molar-refractivity contribution in [3.63, 3.8) is 0 Å². The fourth-order valence-corrected chi connectivity index (χ4v) is 2.49. The number of hydrogen-bond donors (Lipinski definition) is 1. The zero-order valence-corrected chi connectivity index (χ0v) is 13.2. The lowest BCUT2D eigenvalue weighted by atomic mass is 10.0. The van der Waals surface area contributed by atoms with Gasteiger partial charge < -0.3 is 5.32 Å². The lowest BCUT2D eigenvalue weighted by molar-refractivity contribution is -0.385. The lowest BCUT2D eigenvalue weighted by Crippen LogP contribution is -2.14. The van der Waals surface area contributed by atoms with Crippen molar-refractivity contribution in [3.8, 4) is 0 Å². The van der Waals surface area contributed by atoms with E-state index in [0.717, 1.165) is 11.3 Å². The highest BCUT2D eigenvalue weighted by Gasteiger charge is 2.17. The Morgan fingerprint density at radius 2 is 1.96 bits per heavy atom. The van der Waals surface area contributed by atoms with Crippen molar-refractivity contribution in [1.29, 1.82) is 0 Å². The number of rotatable bonds is 5. The molecule has 2 heterocycles. The summed E-state index contributed by atoms with van der Waals surface area (Å²) in [4.78, 5) is 18.7. The highest BCUT2D eigenvalue weighted by molar-refractivity contribution is 6.30. The van der Waals surface area contributed by atoms with E-state index in [0.29, 0.717) is 10.8 Å². The van der Waals surface area contributed by atoms with E-state index < -0.39 is 4.92 Å². The van der Waals surface area contributed by atoms with E-state index >= 15 is 0 Å². The van der Waals surface area contributed by atoms with Crippen molar-refractivity contribution in [2.24, 2.45) is 0 Å². The number of pyridine rings is 2. The molecule has 0 fully saturated rings. The van der Waals surface area contributed by atoms with Crippen LogP contribution >= 0.6 is 11.6 Å². The van der Waals surface area contributed by atoms with Crippen LogP contribution in [0.3, 0.4) is 0 Å². The number of nitrogens with one attached hydrogen (secondary N) is 1. The molecule has 0 bridgehead atoms. The number of aromatic nitrogens is 2. The van der Waals surface area contributed by atoms with Gasteiger partial charge in [0.15, 0.2) is 0 Å². The summed E-state index contributed by atoms with van der Waals surface area (Å²) in [5, 5.41) is 14.6. The van der Waals surface area contributed by atoms with Crippen molar-refractivity contribution in [3.05, 3.63) is 93.4 Å². The van der Waals surface area contributed by atoms with E-state index in [1.165, 1.54) is 12.3 Å². The maximum Gasteiger partial charge on any atom is 0.287 e. The number of anilines is 1. The van der Waals surface area contributed by atoms with E-state index in [4.69, 9.17) is 11.6 Å². The van der Waals surface area contributed by atoms with Gasteiger partial charge in [-0.1, -0.05) is 29.8 Å². The van der Waals surface area contributed by atoms with Gasteiger partial charge in [-0.05, 0) is 35.9 Å². The third kappa shape index (κ3) is 3.67. The summed E-state index contributed by atoms with van der Waals surface area (Å²) in [6.07, 6.45) is 2.92. The van der Waals surface area contributed by atoms with E-state index in [1.54, 1.807) is 18.3 Å². The second kappa shape index (κ2) is 7.06. The molecule has 0 saturated heterocycles. The number of nitrogens with zero attached hydrogens (tertiary/aromatic N) is 3. The smallest absolute Gasteiger partial charge is 0.287 e. The first-order chi connectivity index (χ1) is 11.6. The molecule has 24 heavy (non-hydrogen) atoms. The third-order valence-corrected chi connectivity index (χ3v) is 3.65. The largest absolute Gasteiger partial charge is 0.358 e. The maximum absolute atomic E-state index is 10.7. The fourth-order valence-electron chi connectivity index (χ4n) is 2.29. The molecule has 3 rings (SSSR count). The molecule has 0 aliphatic rings. The van der Waals surface area contributed by atoms with Gasteiger partial charge in [0.1, 0.15) is 12.0 Å². The molecular formula is C17H13ClN4O2. The molecule has 0 spiro atoms. The first-order valence-electron chi connectivity index (χ1n) is 7.17. The molecule has 120 valence electrons. The Bertz CT molecular complexity index is 841. The van der Waals surface area contributed by atoms with Gasteiger partial charge in [-0.3, -0.25) is 15.1 Å². The van der Waals surface area contributed by atoms with Crippen molar-refractivity contribution < 1.29 is 4.92 Å². The summed E-state index contributed by atoms with van der Waals surface area (Å²) in [5.41, 5.74) is 1.65. The van der Waals surface area contributed by atoms with Gasteiger partial charge in [-0.2, -0.15) is 0 Å². The van der Waals surface area contributed by atoms with Crippen LogP contribution in [0, 0.1) is 10.1 Å². The van der Waals surface area contributed by atoms with Gasteiger partial charge in [-0.25, -0.2) is 4.98 Å². The summed E-state index contributed by atoms with van der Waals surface area (Å²) in [7, 11) is 0. The molecule has 6 nitrogen and oxygen atoms in total. The number of nitro groups is 1. The molecule has 0 aliphatic heterocycles. The first kappa shape index (κ1) is 15.9. The second-order valence-corrected chi connectivity index (χ2v) is 5.48. The minimum absolute atomic E-state index is 0.0577. The highest BCUT2D eigenvalue weighted by atomic mass is 35.5. The van der Waals surface area contributed by atoms with Gasteiger partial charge in [0, 0.05) is 17.3 Å². The SMILES string of the molecule is O=[N+]([O-])c1ccc(NC(c2cccc(Cl)c2)c2ccccn2)nc1. The Morgan fingerprint density at radius 1 is 1.08 bits per heavy atom. The van der Waals surface area contributed by atoms with Crippen LogP contribution in [0.25, 0.3) is 0 Å². The van der Waals surface area contributed by atoms with Crippen molar-refractivity contribution in [2.75, 3.05) is 5.32 Å². The highest BCUT2D eigenvalue weighted by Crippen LogP contribution is 2.27. The zero-order valence-electron chi connectivity index (χ0n) is 12.5. The molecule has 2 aromatic heterocycles. The zero-order chi connectivity index (χ0) is 16.9. The molecule has 7 heteroatoms. The number of hydrogen-bond acceptors (Lipinski definition) is 5.